The van der Waals surface area contributed by atoms with Crippen molar-refractivity contribution in [3.8, 4) is 0 Å². The van der Waals surface area contributed by atoms with E-state index in [1.807, 2.05) is 19.9 Å². The molecule has 3 aliphatic carbocycles. The van der Waals surface area contributed by atoms with Crippen LogP contribution in [0, 0.1) is 22.7 Å². The fourth-order valence-electron chi connectivity index (χ4n) is 5.40. The van der Waals surface area contributed by atoms with E-state index in [1.165, 1.54) is 6.42 Å². The van der Waals surface area contributed by atoms with E-state index >= 15 is 0 Å². The summed E-state index contributed by atoms with van der Waals surface area (Å²) in [6.07, 6.45) is 7.57. The predicted octanol–water partition coefficient (Wildman–Crippen LogP) is 4.64. The van der Waals surface area contributed by atoms with E-state index in [-0.39, 0.29) is 28.3 Å². The molecule has 0 N–H and O–H groups in total. The minimum atomic E-state index is -0.251. The molecule has 3 aliphatic rings. The van der Waals surface area contributed by atoms with Gasteiger partial charge in [-0.05, 0) is 48.5 Å². The van der Waals surface area contributed by atoms with E-state index < -0.39 is 0 Å². The lowest BCUT2D eigenvalue weighted by atomic mass is 9.49. The van der Waals surface area contributed by atoms with Gasteiger partial charge in [-0.3, -0.25) is 9.59 Å². The van der Waals surface area contributed by atoms with Gasteiger partial charge >= 0.3 is 0 Å². The van der Waals surface area contributed by atoms with Crippen molar-refractivity contribution < 1.29 is 9.59 Å². The van der Waals surface area contributed by atoms with Gasteiger partial charge in [-0.15, -0.1) is 0 Å². The molecule has 2 nitrogen and oxygen atoms in total. The van der Waals surface area contributed by atoms with Gasteiger partial charge in [0.15, 0.2) is 0 Å². The first kappa shape index (κ1) is 15.7. The Bertz CT molecular complexity index is 603. The van der Waals surface area contributed by atoms with E-state index in [9.17, 15) is 9.59 Å². The van der Waals surface area contributed by atoms with Crippen molar-refractivity contribution in [2.24, 2.45) is 22.7 Å². The lowest BCUT2D eigenvalue weighted by Crippen LogP contribution is -2.49. The number of carbonyl (C=O) groups is 2. The van der Waals surface area contributed by atoms with Crippen LogP contribution in [0.3, 0.4) is 0 Å². The van der Waals surface area contributed by atoms with Crippen LogP contribution < -0.4 is 0 Å². The molecule has 0 radical (unpaired) electrons. The molecule has 2 atom stereocenters. The van der Waals surface area contributed by atoms with Gasteiger partial charge in [-0.1, -0.05) is 47.1 Å². The maximum absolute atomic E-state index is 12.9. The van der Waals surface area contributed by atoms with Gasteiger partial charge in [0.05, 0.1) is 0 Å². The highest BCUT2D eigenvalue weighted by Crippen LogP contribution is 2.60. The Hall–Kier alpha value is -1.18. The SMILES string of the molecule is CC(C)C1=CC2=C(C(=O)C1=O)C1(C)CCCC(C)(C)C1CC2. The Morgan fingerprint density at radius 2 is 1.77 bits per heavy atom. The van der Waals surface area contributed by atoms with Gasteiger partial charge in [-0.2, -0.15) is 0 Å². The monoisotopic (exact) mass is 300 g/mol. The minimum Gasteiger partial charge on any atom is -0.285 e. The summed E-state index contributed by atoms with van der Waals surface area (Å²) < 4.78 is 0. The minimum absolute atomic E-state index is 0.110. The second kappa shape index (κ2) is 4.91. The van der Waals surface area contributed by atoms with Crippen LogP contribution in [0.2, 0.25) is 0 Å². The molecule has 0 aromatic rings. The standard InChI is InChI=1S/C20H28O2/c1-12(2)14-11-13-7-8-15-19(3,4)9-6-10-20(15,5)16(13)18(22)17(14)21/h11-12,15H,6-10H2,1-5H3. The average molecular weight is 300 g/mol. The fourth-order valence-corrected chi connectivity index (χ4v) is 5.40. The van der Waals surface area contributed by atoms with Gasteiger partial charge in [0.2, 0.25) is 11.6 Å². The molecule has 0 spiro atoms. The van der Waals surface area contributed by atoms with Gasteiger partial charge in [0.25, 0.3) is 0 Å². The van der Waals surface area contributed by atoms with Crippen molar-refractivity contribution in [2.75, 3.05) is 0 Å². The first-order chi connectivity index (χ1) is 10.2. The summed E-state index contributed by atoms with van der Waals surface area (Å²) in [7, 11) is 0. The molecule has 22 heavy (non-hydrogen) atoms. The molecular formula is C20H28O2. The van der Waals surface area contributed by atoms with E-state index in [0.717, 1.165) is 36.8 Å². The number of fused-ring (bicyclic) bond motifs is 2. The lowest BCUT2D eigenvalue weighted by Gasteiger charge is -2.55. The third kappa shape index (κ3) is 2.06. The number of hydrogen-bond acceptors (Lipinski definition) is 2. The van der Waals surface area contributed by atoms with Gasteiger partial charge in [0.1, 0.15) is 0 Å². The first-order valence-electron chi connectivity index (χ1n) is 8.73. The molecule has 0 bridgehead atoms. The molecule has 0 aromatic heterocycles. The van der Waals surface area contributed by atoms with Crippen molar-refractivity contribution in [3.05, 3.63) is 22.8 Å². The zero-order chi connectivity index (χ0) is 16.3. The Morgan fingerprint density at radius 3 is 2.41 bits per heavy atom. The third-order valence-corrected chi connectivity index (χ3v) is 6.47. The van der Waals surface area contributed by atoms with E-state index in [1.54, 1.807) is 0 Å². The number of Topliss-reactive ketones (excluding diaryl/α,β-unsaturated/α-hetero) is 2. The predicted molar refractivity (Wildman–Crippen MR) is 88.4 cm³/mol. The van der Waals surface area contributed by atoms with E-state index in [2.05, 4.69) is 20.8 Å². The zero-order valence-electron chi connectivity index (χ0n) is 14.6. The molecule has 2 heteroatoms. The third-order valence-electron chi connectivity index (χ3n) is 6.47. The molecule has 0 aromatic carbocycles. The molecule has 0 heterocycles. The topological polar surface area (TPSA) is 34.1 Å². The molecule has 120 valence electrons. The summed E-state index contributed by atoms with van der Waals surface area (Å²) in [4.78, 5) is 25.4. The Balaban J connectivity index is 2.14. The van der Waals surface area contributed by atoms with Crippen LogP contribution in [-0.4, -0.2) is 11.6 Å². The molecule has 0 amide bonds. The first-order valence-corrected chi connectivity index (χ1v) is 8.73. The number of ketones is 2. The summed E-state index contributed by atoms with van der Waals surface area (Å²) >= 11 is 0. The Labute approximate surface area is 134 Å². The molecular weight excluding hydrogens is 272 g/mol. The average Bonchev–Trinajstić information content (AvgIpc) is 2.40. The van der Waals surface area contributed by atoms with Crippen molar-refractivity contribution in [1.82, 2.24) is 0 Å². The van der Waals surface area contributed by atoms with Crippen LogP contribution in [0.4, 0.5) is 0 Å². The molecule has 1 saturated carbocycles. The quantitative estimate of drug-likeness (QED) is 0.522. The second-order valence-corrected chi connectivity index (χ2v) is 8.66. The number of allylic oxidation sites excluding steroid dienone is 4. The maximum Gasteiger partial charge on any atom is 0.230 e. The van der Waals surface area contributed by atoms with Crippen molar-refractivity contribution in [2.45, 2.75) is 66.7 Å². The molecule has 1 fully saturated rings. The number of hydrogen-bond donors (Lipinski definition) is 0. The summed E-state index contributed by atoms with van der Waals surface area (Å²) in [5.74, 6) is 0.183. The summed E-state index contributed by atoms with van der Waals surface area (Å²) in [5.41, 5.74) is 2.88. The molecule has 3 rings (SSSR count). The van der Waals surface area contributed by atoms with Gasteiger partial charge in [-0.25, -0.2) is 0 Å². The van der Waals surface area contributed by atoms with Crippen LogP contribution in [-0.2, 0) is 9.59 Å². The highest BCUT2D eigenvalue weighted by molar-refractivity contribution is 6.50. The summed E-state index contributed by atoms with van der Waals surface area (Å²) in [6.45, 7) is 10.9. The number of rotatable bonds is 1. The Kier molecular flexibility index (Phi) is 3.50. The summed E-state index contributed by atoms with van der Waals surface area (Å²) in [5, 5.41) is 0. The highest BCUT2D eigenvalue weighted by Gasteiger charge is 2.53. The molecule has 0 aliphatic heterocycles. The lowest BCUT2D eigenvalue weighted by molar-refractivity contribution is -0.134. The van der Waals surface area contributed by atoms with Crippen LogP contribution >= 0.6 is 0 Å². The van der Waals surface area contributed by atoms with Crippen LogP contribution in [0.25, 0.3) is 0 Å². The van der Waals surface area contributed by atoms with Crippen molar-refractivity contribution in [1.29, 1.82) is 0 Å². The van der Waals surface area contributed by atoms with Crippen LogP contribution in [0.1, 0.15) is 66.7 Å². The largest absolute Gasteiger partial charge is 0.285 e. The zero-order valence-corrected chi connectivity index (χ0v) is 14.6. The Morgan fingerprint density at radius 1 is 1.09 bits per heavy atom. The summed E-state index contributed by atoms with van der Waals surface area (Å²) in [6, 6.07) is 0. The van der Waals surface area contributed by atoms with Crippen LogP contribution in [0.5, 0.6) is 0 Å². The number of carbonyl (C=O) groups excluding carboxylic acids is 2. The van der Waals surface area contributed by atoms with Crippen molar-refractivity contribution in [3.63, 3.8) is 0 Å². The van der Waals surface area contributed by atoms with E-state index in [0.29, 0.717) is 11.5 Å². The van der Waals surface area contributed by atoms with Crippen molar-refractivity contribution >= 4 is 11.6 Å². The normalized spacial score (nSPS) is 34.5. The molecule has 2 unspecified atom stereocenters. The smallest absolute Gasteiger partial charge is 0.230 e. The van der Waals surface area contributed by atoms with Crippen LogP contribution in [0.15, 0.2) is 22.8 Å². The highest BCUT2D eigenvalue weighted by atomic mass is 16.2. The second-order valence-electron chi connectivity index (χ2n) is 8.66. The van der Waals surface area contributed by atoms with Gasteiger partial charge < -0.3 is 0 Å². The fraction of sp³-hybridized carbons (Fsp3) is 0.700. The maximum atomic E-state index is 12.9. The van der Waals surface area contributed by atoms with Gasteiger partial charge in [0, 0.05) is 16.6 Å². The van der Waals surface area contributed by atoms with E-state index in [4.69, 9.17) is 0 Å². The molecule has 0 saturated heterocycles.